The number of rotatable bonds is 3. The van der Waals surface area contributed by atoms with Crippen LogP contribution >= 0.6 is 0 Å². The highest BCUT2D eigenvalue weighted by atomic mass is 16.1. The van der Waals surface area contributed by atoms with E-state index in [-0.39, 0.29) is 5.41 Å². The largest absolute Gasteiger partial charge is 0.300 e. The molecule has 1 aliphatic heterocycles. The Morgan fingerprint density at radius 1 is 1.17 bits per heavy atom. The fraction of sp³-hybridized carbons (Fsp3) is 0.562. The van der Waals surface area contributed by atoms with Gasteiger partial charge in [-0.15, -0.1) is 0 Å². The summed E-state index contributed by atoms with van der Waals surface area (Å²) in [5.74, 6) is 0.337. The molecule has 2 aliphatic rings. The first-order valence-electron chi connectivity index (χ1n) is 7.03. The number of hydrogen-bond donors (Lipinski definition) is 0. The van der Waals surface area contributed by atoms with Crippen molar-refractivity contribution in [3.8, 4) is 0 Å². The summed E-state index contributed by atoms with van der Waals surface area (Å²) < 4.78 is 0. The molecule has 1 heterocycles. The van der Waals surface area contributed by atoms with E-state index < -0.39 is 0 Å². The number of carbonyl (C=O) groups excluding carboxylic acids is 1. The molecule has 1 aromatic carbocycles. The zero-order valence-corrected chi connectivity index (χ0v) is 11.1. The van der Waals surface area contributed by atoms with Gasteiger partial charge in [-0.1, -0.05) is 30.3 Å². The lowest BCUT2D eigenvalue weighted by atomic mass is 9.70. The Labute approximate surface area is 109 Å². The van der Waals surface area contributed by atoms with Crippen molar-refractivity contribution in [1.82, 2.24) is 4.90 Å². The van der Waals surface area contributed by atoms with Crippen LogP contribution in [0.1, 0.15) is 38.2 Å². The molecule has 0 radical (unpaired) electrons. The molecule has 3 rings (SSSR count). The molecule has 0 N–H and O–H groups in total. The molecule has 1 saturated carbocycles. The Morgan fingerprint density at radius 2 is 1.78 bits per heavy atom. The van der Waals surface area contributed by atoms with Crippen LogP contribution in [-0.2, 0) is 10.2 Å². The zero-order chi connectivity index (χ0) is 12.6. The molecule has 0 spiro atoms. The Hall–Kier alpha value is -1.15. The number of nitrogens with zero attached hydrogens (tertiary/aromatic N) is 1. The van der Waals surface area contributed by atoms with Crippen LogP contribution in [0.2, 0.25) is 0 Å². The zero-order valence-electron chi connectivity index (χ0n) is 11.1. The van der Waals surface area contributed by atoms with Gasteiger partial charge in [0.15, 0.2) is 0 Å². The van der Waals surface area contributed by atoms with Gasteiger partial charge in [0.2, 0.25) is 0 Å². The third-order valence-corrected chi connectivity index (χ3v) is 4.72. The number of carbonyl (C=O) groups is 1. The topological polar surface area (TPSA) is 20.3 Å². The first-order chi connectivity index (χ1) is 8.72. The first kappa shape index (κ1) is 11.9. The molecule has 0 unspecified atom stereocenters. The number of piperidine rings is 1. The van der Waals surface area contributed by atoms with E-state index in [1.807, 2.05) is 18.2 Å². The highest BCUT2D eigenvalue weighted by Crippen LogP contribution is 2.39. The predicted molar refractivity (Wildman–Crippen MR) is 72.6 cm³/mol. The summed E-state index contributed by atoms with van der Waals surface area (Å²) in [6.45, 7) is 3.93. The summed E-state index contributed by atoms with van der Waals surface area (Å²) in [4.78, 5) is 14.8. The van der Waals surface area contributed by atoms with Gasteiger partial charge < -0.3 is 4.90 Å². The van der Waals surface area contributed by atoms with Crippen molar-refractivity contribution in [3.63, 3.8) is 0 Å². The third kappa shape index (κ3) is 1.99. The molecule has 2 nitrogen and oxygen atoms in total. The SMILES string of the molecule is CC(=O)C1(c2ccccc2)CCN(C2CC2)CC1. The van der Waals surface area contributed by atoms with Gasteiger partial charge in [0.25, 0.3) is 0 Å². The minimum absolute atomic E-state index is 0.216. The van der Waals surface area contributed by atoms with Crippen molar-refractivity contribution in [1.29, 1.82) is 0 Å². The second kappa shape index (κ2) is 4.51. The lowest BCUT2D eigenvalue weighted by Gasteiger charge is -2.40. The lowest BCUT2D eigenvalue weighted by Crippen LogP contribution is -2.47. The lowest BCUT2D eigenvalue weighted by molar-refractivity contribution is -0.124. The van der Waals surface area contributed by atoms with E-state index in [2.05, 4.69) is 17.0 Å². The maximum Gasteiger partial charge on any atom is 0.140 e. The Balaban J connectivity index is 1.83. The fourth-order valence-corrected chi connectivity index (χ4v) is 3.31. The second-order valence-electron chi connectivity index (χ2n) is 5.77. The van der Waals surface area contributed by atoms with E-state index >= 15 is 0 Å². The van der Waals surface area contributed by atoms with Crippen LogP contribution in [-0.4, -0.2) is 29.8 Å². The number of ketones is 1. The maximum atomic E-state index is 12.2. The number of likely N-dealkylation sites (tertiary alicyclic amines) is 1. The first-order valence-corrected chi connectivity index (χ1v) is 7.03. The molecule has 1 aromatic rings. The summed E-state index contributed by atoms with van der Waals surface area (Å²) >= 11 is 0. The highest BCUT2D eigenvalue weighted by Gasteiger charge is 2.42. The van der Waals surface area contributed by atoms with E-state index in [0.29, 0.717) is 5.78 Å². The van der Waals surface area contributed by atoms with Crippen molar-refractivity contribution >= 4 is 5.78 Å². The Kier molecular flexibility index (Phi) is 2.98. The van der Waals surface area contributed by atoms with E-state index in [1.165, 1.54) is 18.4 Å². The van der Waals surface area contributed by atoms with Crippen molar-refractivity contribution < 1.29 is 4.79 Å². The molecule has 2 heteroatoms. The van der Waals surface area contributed by atoms with Gasteiger partial charge >= 0.3 is 0 Å². The summed E-state index contributed by atoms with van der Waals surface area (Å²) in [6.07, 6.45) is 4.70. The Morgan fingerprint density at radius 3 is 2.28 bits per heavy atom. The Bertz CT molecular complexity index is 428. The minimum atomic E-state index is -0.216. The molecular formula is C16H21NO. The molecule has 0 aromatic heterocycles. The van der Waals surface area contributed by atoms with Crippen LogP contribution in [0.15, 0.2) is 30.3 Å². The summed E-state index contributed by atoms with van der Waals surface area (Å²) in [5.41, 5.74) is 1.00. The highest BCUT2D eigenvalue weighted by molar-refractivity contribution is 5.88. The molecule has 18 heavy (non-hydrogen) atoms. The standard InChI is InChI=1S/C16H21NO/c1-13(18)16(14-5-3-2-4-6-14)9-11-17(12-10-16)15-7-8-15/h2-6,15H,7-12H2,1H3. The molecule has 0 bridgehead atoms. The van der Waals surface area contributed by atoms with E-state index in [0.717, 1.165) is 32.0 Å². The average molecular weight is 243 g/mol. The molecule has 1 aliphatic carbocycles. The van der Waals surface area contributed by atoms with Crippen molar-refractivity contribution in [2.75, 3.05) is 13.1 Å². The van der Waals surface area contributed by atoms with Crippen molar-refractivity contribution in [3.05, 3.63) is 35.9 Å². The third-order valence-electron chi connectivity index (χ3n) is 4.72. The van der Waals surface area contributed by atoms with E-state index in [9.17, 15) is 4.79 Å². The van der Waals surface area contributed by atoms with Crippen molar-refractivity contribution in [2.45, 2.75) is 44.1 Å². The summed E-state index contributed by atoms with van der Waals surface area (Å²) in [7, 11) is 0. The quantitative estimate of drug-likeness (QED) is 0.813. The minimum Gasteiger partial charge on any atom is -0.300 e. The monoisotopic (exact) mass is 243 g/mol. The number of Topliss-reactive ketones (excluding diaryl/α,β-unsaturated/α-hetero) is 1. The molecule has 0 amide bonds. The molecule has 2 fully saturated rings. The smallest absolute Gasteiger partial charge is 0.140 e. The molecule has 1 saturated heterocycles. The predicted octanol–water partition coefficient (Wildman–Crippen LogP) is 2.77. The number of benzene rings is 1. The van der Waals surface area contributed by atoms with Crippen LogP contribution in [0.3, 0.4) is 0 Å². The van der Waals surface area contributed by atoms with Gasteiger partial charge in [0, 0.05) is 6.04 Å². The van der Waals surface area contributed by atoms with Crippen LogP contribution in [0, 0.1) is 0 Å². The normalized spacial score (nSPS) is 23.8. The summed E-state index contributed by atoms with van der Waals surface area (Å²) in [5, 5.41) is 0. The van der Waals surface area contributed by atoms with Gasteiger partial charge in [-0.3, -0.25) is 4.79 Å². The molecule has 96 valence electrons. The second-order valence-corrected chi connectivity index (χ2v) is 5.77. The average Bonchev–Trinajstić information content (AvgIpc) is 3.24. The van der Waals surface area contributed by atoms with Crippen LogP contribution in [0.5, 0.6) is 0 Å². The van der Waals surface area contributed by atoms with Gasteiger partial charge in [-0.05, 0) is 51.3 Å². The fourth-order valence-electron chi connectivity index (χ4n) is 3.31. The van der Waals surface area contributed by atoms with Crippen LogP contribution < -0.4 is 0 Å². The van der Waals surface area contributed by atoms with Gasteiger partial charge in [0.05, 0.1) is 5.41 Å². The van der Waals surface area contributed by atoms with Crippen LogP contribution in [0.25, 0.3) is 0 Å². The van der Waals surface area contributed by atoms with Gasteiger partial charge in [-0.25, -0.2) is 0 Å². The van der Waals surface area contributed by atoms with E-state index in [4.69, 9.17) is 0 Å². The molecule has 0 atom stereocenters. The van der Waals surface area contributed by atoms with E-state index in [1.54, 1.807) is 6.92 Å². The summed E-state index contributed by atoms with van der Waals surface area (Å²) in [6, 6.07) is 11.2. The van der Waals surface area contributed by atoms with Gasteiger partial charge in [0.1, 0.15) is 5.78 Å². The number of hydrogen-bond acceptors (Lipinski definition) is 2. The van der Waals surface area contributed by atoms with Gasteiger partial charge in [-0.2, -0.15) is 0 Å². The van der Waals surface area contributed by atoms with Crippen LogP contribution in [0.4, 0.5) is 0 Å². The molecular weight excluding hydrogens is 222 g/mol. The maximum absolute atomic E-state index is 12.2. The van der Waals surface area contributed by atoms with Crippen molar-refractivity contribution in [2.24, 2.45) is 0 Å².